The Morgan fingerprint density at radius 3 is 2.15 bits per heavy atom. The molecule has 3 nitrogen and oxygen atoms in total. The summed E-state index contributed by atoms with van der Waals surface area (Å²) >= 11 is 0.546. The summed E-state index contributed by atoms with van der Waals surface area (Å²) in [5.74, 6) is 1.03. The van der Waals surface area contributed by atoms with Crippen LogP contribution in [-0.4, -0.2) is 26.8 Å². The van der Waals surface area contributed by atoms with Crippen LogP contribution in [0.4, 0.5) is 0 Å². The molecule has 114 valence electrons. The smallest absolute Gasteiger partial charge is 0.136 e. The summed E-state index contributed by atoms with van der Waals surface area (Å²) in [4.78, 5) is 1.20. The van der Waals surface area contributed by atoms with Crippen LogP contribution in [0, 0.1) is 0 Å². The van der Waals surface area contributed by atoms with Crippen molar-refractivity contribution < 1.29 is 9.66 Å². The molecule has 1 rings (SSSR count). The molecule has 0 radical (unpaired) electrons. The van der Waals surface area contributed by atoms with Gasteiger partial charge in [0.25, 0.3) is 0 Å². The highest BCUT2D eigenvalue weighted by atomic mass is 32.2. The van der Waals surface area contributed by atoms with Crippen LogP contribution in [-0.2, 0) is 16.9 Å². The molecule has 0 saturated heterocycles. The number of nitrogens with one attached hydrogen (secondary N) is 1. The van der Waals surface area contributed by atoms with Gasteiger partial charge in [0.05, 0.1) is 6.61 Å². The Balaban J connectivity index is 2.92. The van der Waals surface area contributed by atoms with E-state index >= 15 is 0 Å². The maximum absolute atomic E-state index is 12.3. The number of aliphatic hydroxyl groups excluding tert-OH is 1. The van der Waals surface area contributed by atoms with E-state index in [9.17, 15) is 9.66 Å². The molecule has 0 aliphatic heterocycles. The minimum atomic E-state index is -1.23. The number of thioether (sulfide) groups is 1. The maximum atomic E-state index is 12.3. The van der Waals surface area contributed by atoms with Crippen LogP contribution in [0.25, 0.3) is 0 Å². The Hall–Kier alpha value is -0.200. The number of hydrogen-bond donors (Lipinski definition) is 2. The van der Waals surface area contributed by atoms with Crippen LogP contribution in [0.2, 0.25) is 0 Å². The Morgan fingerprint density at radius 2 is 1.75 bits per heavy atom. The number of rotatable bonds is 6. The van der Waals surface area contributed by atoms with Gasteiger partial charge in [-0.3, -0.25) is 0 Å². The van der Waals surface area contributed by atoms with Crippen LogP contribution < -0.4 is 4.72 Å². The highest BCUT2D eigenvalue weighted by Gasteiger charge is 2.36. The third-order valence-electron chi connectivity index (χ3n) is 2.99. The van der Waals surface area contributed by atoms with E-state index in [-0.39, 0.29) is 11.4 Å². The molecule has 1 aromatic rings. The monoisotopic (exact) mass is 315 g/mol. The molecule has 0 spiro atoms. The molecular weight excluding hydrogens is 290 g/mol. The molecule has 0 amide bonds. The lowest BCUT2D eigenvalue weighted by molar-refractivity contribution is 0.195. The standard InChI is InChI=1S/C15H25NO2S2/c1-6-19-13-9-7-12(8-10-13)15(5,11-17)16-20(18)14(2,3)4/h7-10,16-17H,6,11H2,1-5H3/t15-,20+/m0/s1. The first-order chi connectivity index (χ1) is 9.23. The Kier molecular flexibility index (Phi) is 6.41. The fourth-order valence-corrected chi connectivity index (χ4v) is 3.19. The second kappa shape index (κ2) is 7.18. The van der Waals surface area contributed by atoms with Crippen molar-refractivity contribution in [2.45, 2.75) is 49.8 Å². The molecule has 20 heavy (non-hydrogen) atoms. The summed E-state index contributed by atoms with van der Waals surface area (Å²) in [6.07, 6.45) is 0. The first-order valence-electron chi connectivity index (χ1n) is 6.77. The van der Waals surface area contributed by atoms with Crippen LogP contribution >= 0.6 is 11.8 Å². The first-order valence-corrected chi connectivity index (χ1v) is 8.90. The fourth-order valence-electron chi connectivity index (χ4n) is 1.63. The third kappa shape index (κ3) is 4.67. The van der Waals surface area contributed by atoms with E-state index in [2.05, 4.69) is 11.6 Å². The third-order valence-corrected chi connectivity index (χ3v) is 5.64. The topological polar surface area (TPSA) is 55.3 Å². The Labute approximate surface area is 129 Å². The van der Waals surface area contributed by atoms with Crippen molar-refractivity contribution in [2.24, 2.45) is 0 Å². The molecule has 0 heterocycles. The van der Waals surface area contributed by atoms with Gasteiger partial charge < -0.3 is 9.66 Å². The average Bonchev–Trinajstić information content (AvgIpc) is 2.38. The summed E-state index contributed by atoms with van der Waals surface area (Å²) in [5.41, 5.74) is 0.242. The first kappa shape index (κ1) is 17.9. The predicted octanol–water partition coefficient (Wildman–Crippen LogP) is 3.06. The molecular formula is C15H25NO2S2. The highest BCUT2D eigenvalue weighted by molar-refractivity contribution is 7.99. The molecule has 2 atom stereocenters. The van der Waals surface area contributed by atoms with Gasteiger partial charge in [-0.15, -0.1) is 16.5 Å². The molecule has 0 unspecified atom stereocenters. The van der Waals surface area contributed by atoms with Crippen molar-refractivity contribution in [1.82, 2.24) is 4.72 Å². The van der Waals surface area contributed by atoms with Crippen LogP contribution in [0.3, 0.4) is 0 Å². The molecule has 0 bridgehead atoms. The van der Waals surface area contributed by atoms with E-state index in [0.717, 1.165) is 11.3 Å². The number of aliphatic hydroxyl groups is 1. The van der Waals surface area contributed by atoms with Gasteiger partial charge in [0.15, 0.2) is 0 Å². The second-order valence-corrected chi connectivity index (χ2v) is 9.23. The zero-order chi connectivity index (χ0) is 15.4. The van der Waals surface area contributed by atoms with Gasteiger partial charge in [0, 0.05) is 16.3 Å². The van der Waals surface area contributed by atoms with Crippen molar-refractivity contribution in [2.75, 3.05) is 12.4 Å². The molecule has 0 aliphatic carbocycles. The lowest BCUT2D eigenvalue weighted by Crippen LogP contribution is -2.51. The minimum Gasteiger partial charge on any atom is -0.598 e. The minimum absolute atomic E-state index is 0.102. The molecule has 0 aliphatic rings. The maximum Gasteiger partial charge on any atom is 0.136 e. The summed E-state index contributed by atoms with van der Waals surface area (Å²) < 4.78 is 15.0. The van der Waals surface area contributed by atoms with Gasteiger partial charge in [0.1, 0.15) is 10.3 Å². The average molecular weight is 316 g/mol. The lowest BCUT2D eigenvalue weighted by atomic mass is 9.94. The van der Waals surface area contributed by atoms with Gasteiger partial charge in [-0.2, -0.15) is 0 Å². The molecule has 1 aromatic carbocycles. The largest absolute Gasteiger partial charge is 0.598 e. The van der Waals surface area contributed by atoms with Crippen molar-refractivity contribution >= 4 is 23.1 Å². The Morgan fingerprint density at radius 1 is 1.20 bits per heavy atom. The predicted molar refractivity (Wildman–Crippen MR) is 88.3 cm³/mol. The van der Waals surface area contributed by atoms with Crippen LogP contribution in [0.1, 0.15) is 40.2 Å². The quantitative estimate of drug-likeness (QED) is 0.626. The number of benzene rings is 1. The van der Waals surface area contributed by atoms with E-state index in [4.69, 9.17) is 0 Å². The molecule has 5 heteroatoms. The SMILES string of the molecule is CCSc1ccc([C@](C)(CO)N[S@+]([O-])C(C)(C)C)cc1. The van der Waals surface area contributed by atoms with E-state index in [1.807, 2.05) is 52.0 Å². The zero-order valence-electron chi connectivity index (χ0n) is 12.9. The summed E-state index contributed by atoms with van der Waals surface area (Å²) in [6, 6.07) is 8.06. The lowest BCUT2D eigenvalue weighted by Gasteiger charge is -2.34. The van der Waals surface area contributed by atoms with E-state index < -0.39 is 16.9 Å². The van der Waals surface area contributed by atoms with Gasteiger partial charge in [-0.25, -0.2) is 0 Å². The van der Waals surface area contributed by atoms with Crippen LogP contribution in [0.5, 0.6) is 0 Å². The summed E-state index contributed by atoms with van der Waals surface area (Å²) in [7, 11) is 0. The Bertz CT molecular complexity index is 417. The van der Waals surface area contributed by atoms with Crippen molar-refractivity contribution in [1.29, 1.82) is 0 Å². The van der Waals surface area contributed by atoms with E-state index in [1.54, 1.807) is 11.8 Å². The molecule has 0 aromatic heterocycles. The van der Waals surface area contributed by atoms with Crippen molar-refractivity contribution in [3.8, 4) is 0 Å². The van der Waals surface area contributed by atoms with Gasteiger partial charge in [-0.05, 0) is 51.1 Å². The van der Waals surface area contributed by atoms with Crippen LogP contribution in [0.15, 0.2) is 29.2 Å². The van der Waals surface area contributed by atoms with Crippen molar-refractivity contribution in [3.63, 3.8) is 0 Å². The van der Waals surface area contributed by atoms with Gasteiger partial charge in [0.2, 0.25) is 0 Å². The molecule has 2 N–H and O–H groups in total. The summed E-state index contributed by atoms with van der Waals surface area (Å²) in [5, 5.41) is 9.72. The normalized spacial score (nSPS) is 16.8. The van der Waals surface area contributed by atoms with Crippen molar-refractivity contribution in [3.05, 3.63) is 29.8 Å². The number of hydrogen-bond acceptors (Lipinski definition) is 4. The van der Waals surface area contributed by atoms with Gasteiger partial charge >= 0.3 is 0 Å². The van der Waals surface area contributed by atoms with Gasteiger partial charge in [-0.1, -0.05) is 19.1 Å². The molecule has 0 fully saturated rings. The zero-order valence-corrected chi connectivity index (χ0v) is 14.5. The second-order valence-electron chi connectivity index (χ2n) is 5.93. The molecule has 0 saturated carbocycles. The van der Waals surface area contributed by atoms with E-state index in [0.29, 0.717) is 0 Å². The van der Waals surface area contributed by atoms with E-state index in [1.165, 1.54) is 4.90 Å². The summed E-state index contributed by atoms with van der Waals surface area (Å²) in [6.45, 7) is 9.62. The fraction of sp³-hybridized carbons (Fsp3) is 0.600. The highest BCUT2D eigenvalue weighted by Crippen LogP contribution is 2.27.